The van der Waals surface area contributed by atoms with Gasteiger partial charge in [-0.1, -0.05) is 0 Å². The fraction of sp³-hybridized carbons (Fsp3) is 0.619. The van der Waals surface area contributed by atoms with Crippen molar-refractivity contribution in [2.75, 3.05) is 39.9 Å². The summed E-state index contributed by atoms with van der Waals surface area (Å²) in [4.78, 5) is 35.0. The molecule has 2 aliphatic rings. The number of amides is 2. The molecule has 0 saturated carbocycles. The molecular weight excluding hydrogens is 384 g/mol. The first-order chi connectivity index (χ1) is 14.4. The Morgan fingerprint density at radius 2 is 2.20 bits per heavy atom. The topological polar surface area (TPSA) is 85.5 Å². The molecule has 2 amide bonds. The average molecular weight is 415 g/mol. The van der Waals surface area contributed by atoms with Crippen LogP contribution in [-0.4, -0.2) is 80.8 Å². The van der Waals surface area contributed by atoms with E-state index in [1.165, 1.54) is 0 Å². The first-order valence-corrected chi connectivity index (χ1v) is 10.5. The molecule has 4 rings (SSSR count). The maximum atomic E-state index is 13.5. The van der Waals surface area contributed by atoms with E-state index in [4.69, 9.17) is 4.74 Å². The van der Waals surface area contributed by atoms with E-state index in [9.17, 15) is 9.59 Å². The van der Waals surface area contributed by atoms with Crippen LogP contribution < -0.4 is 0 Å². The van der Waals surface area contributed by atoms with Gasteiger partial charge < -0.3 is 19.1 Å². The van der Waals surface area contributed by atoms with Crippen molar-refractivity contribution in [2.45, 2.75) is 32.2 Å². The van der Waals surface area contributed by atoms with Crippen molar-refractivity contribution >= 4 is 11.8 Å². The lowest BCUT2D eigenvalue weighted by Crippen LogP contribution is -2.41. The van der Waals surface area contributed by atoms with Crippen molar-refractivity contribution in [3.05, 3.63) is 36.2 Å². The number of rotatable bonds is 6. The zero-order chi connectivity index (χ0) is 21.5. The van der Waals surface area contributed by atoms with E-state index in [0.29, 0.717) is 44.9 Å². The van der Waals surface area contributed by atoms with Gasteiger partial charge in [-0.25, -0.2) is 4.98 Å². The van der Waals surface area contributed by atoms with Gasteiger partial charge in [-0.05, 0) is 26.3 Å². The van der Waals surface area contributed by atoms with Gasteiger partial charge >= 0.3 is 0 Å². The SMILES string of the molecule is COCCN1CCC2(CN(C(=O)c3ccn(C)n3)CC2c2cn(C(C)C)cn2)C1=O. The Morgan fingerprint density at radius 3 is 2.83 bits per heavy atom. The lowest BCUT2D eigenvalue weighted by atomic mass is 9.75. The fourth-order valence-electron chi connectivity index (χ4n) is 4.69. The van der Waals surface area contributed by atoms with E-state index < -0.39 is 5.41 Å². The Bertz CT molecular complexity index is 935. The maximum Gasteiger partial charge on any atom is 0.274 e. The molecule has 2 fully saturated rings. The van der Waals surface area contributed by atoms with Gasteiger partial charge in [-0.2, -0.15) is 5.10 Å². The van der Waals surface area contributed by atoms with Gasteiger partial charge in [0.15, 0.2) is 0 Å². The van der Waals surface area contributed by atoms with Crippen molar-refractivity contribution < 1.29 is 14.3 Å². The number of aromatic nitrogens is 4. The first kappa shape index (κ1) is 20.6. The number of imidazole rings is 1. The van der Waals surface area contributed by atoms with Crippen molar-refractivity contribution in [3.8, 4) is 0 Å². The number of ether oxygens (including phenoxy) is 1. The number of likely N-dealkylation sites (tertiary alicyclic amines) is 2. The third-order valence-corrected chi connectivity index (χ3v) is 6.44. The summed E-state index contributed by atoms with van der Waals surface area (Å²) in [6.45, 7) is 6.80. The predicted octanol–water partition coefficient (Wildman–Crippen LogP) is 1.30. The lowest BCUT2D eigenvalue weighted by molar-refractivity contribution is -0.136. The summed E-state index contributed by atoms with van der Waals surface area (Å²) in [7, 11) is 3.43. The van der Waals surface area contributed by atoms with Crippen LogP contribution in [-0.2, 0) is 16.6 Å². The number of carbonyl (C=O) groups is 2. The quantitative estimate of drug-likeness (QED) is 0.711. The number of methoxy groups -OCH3 is 1. The molecule has 9 nitrogen and oxygen atoms in total. The molecule has 162 valence electrons. The molecule has 4 heterocycles. The second-order valence-corrected chi connectivity index (χ2v) is 8.64. The zero-order valence-corrected chi connectivity index (χ0v) is 18.1. The third kappa shape index (κ3) is 3.40. The van der Waals surface area contributed by atoms with Crippen LogP contribution in [0.1, 0.15) is 48.4 Å². The molecule has 2 aromatic rings. The molecule has 0 bridgehead atoms. The van der Waals surface area contributed by atoms with Gasteiger partial charge in [0.05, 0.1) is 24.0 Å². The van der Waals surface area contributed by atoms with Crippen LogP contribution in [0.3, 0.4) is 0 Å². The van der Waals surface area contributed by atoms with Crippen LogP contribution in [0.25, 0.3) is 0 Å². The highest BCUT2D eigenvalue weighted by Gasteiger charge is 2.58. The largest absolute Gasteiger partial charge is 0.383 e. The standard InChI is InChI=1S/C21H30N6O3/c1-15(2)27-12-18(22-14-27)16-11-26(19(28)17-5-7-24(3)23-17)13-21(16)6-8-25(20(21)29)9-10-30-4/h5,7,12,14-16H,6,8-11,13H2,1-4H3. The van der Waals surface area contributed by atoms with E-state index >= 15 is 0 Å². The van der Waals surface area contributed by atoms with Crippen molar-refractivity contribution in [1.29, 1.82) is 0 Å². The second kappa shape index (κ2) is 7.86. The molecule has 0 radical (unpaired) electrons. The average Bonchev–Trinajstić information content (AvgIpc) is 3.49. The molecular formula is C21H30N6O3. The number of aryl methyl sites for hydroxylation is 1. The molecule has 1 spiro atoms. The molecule has 30 heavy (non-hydrogen) atoms. The Morgan fingerprint density at radius 1 is 1.40 bits per heavy atom. The van der Waals surface area contributed by atoms with Crippen molar-refractivity contribution in [1.82, 2.24) is 29.1 Å². The van der Waals surface area contributed by atoms with Gasteiger partial charge in [0, 0.05) is 64.7 Å². The Kier molecular flexibility index (Phi) is 5.40. The van der Waals surface area contributed by atoms with Crippen LogP contribution >= 0.6 is 0 Å². The minimum absolute atomic E-state index is 0.0972. The molecule has 0 aliphatic carbocycles. The second-order valence-electron chi connectivity index (χ2n) is 8.64. The van der Waals surface area contributed by atoms with Crippen LogP contribution in [0.5, 0.6) is 0 Å². The highest BCUT2D eigenvalue weighted by Crippen LogP contribution is 2.49. The smallest absolute Gasteiger partial charge is 0.274 e. The summed E-state index contributed by atoms with van der Waals surface area (Å²) in [6.07, 6.45) is 6.31. The number of hydrogen-bond acceptors (Lipinski definition) is 5. The zero-order valence-electron chi connectivity index (χ0n) is 18.1. The maximum absolute atomic E-state index is 13.5. The van der Waals surface area contributed by atoms with Gasteiger partial charge in [0.2, 0.25) is 5.91 Å². The van der Waals surface area contributed by atoms with Gasteiger partial charge in [-0.15, -0.1) is 0 Å². The monoisotopic (exact) mass is 414 g/mol. The van der Waals surface area contributed by atoms with Gasteiger partial charge in [0.1, 0.15) is 5.69 Å². The number of nitrogens with zero attached hydrogens (tertiary/aromatic N) is 6. The molecule has 0 N–H and O–H groups in total. The third-order valence-electron chi connectivity index (χ3n) is 6.44. The summed E-state index contributed by atoms with van der Waals surface area (Å²) < 4.78 is 8.85. The lowest BCUT2D eigenvalue weighted by Gasteiger charge is -2.27. The summed E-state index contributed by atoms with van der Waals surface area (Å²) in [5.41, 5.74) is 0.638. The molecule has 2 aromatic heterocycles. The number of hydrogen-bond donors (Lipinski definition) is 0. The predicted molar refractivity (Wildman–Crippen MR) is 110 cm³/mol. The Balaban J connectivity index is 1.66. The van der Waals surface area contributed by atoms with E-state index in [-0.39, 0.29) is 23.8 Å². The summed E-state index contributed by atoms with van der Waals surface area (Å²) in [5, 5.41) is 4.26. The minimum atomic E-state index is -0.644. The van der Waals surface area contributed by atoms with E-state index in [0.717, 1.165) is 5.69 Å². The van der Waals surface area contributed by atoms with Crippen molar-refractivity contribution in [2.24, 2.45) is 12.5 Å². The van der Waals surface area contributed by atoms with E-state index in [1.54, 1.807) is 36.0 Å². The summed E-state index contributed by atoms with van der Waals surface area (Å²) >= 11 is 0. The molecule has 0 aromatic carbocycles. The van der Waals surface area contributed by atoms with Crippen LogP contribution in [0.2, 0.25) is 0 Å². The fourth-order valence-corrected chi connectivity index (χ4v) is 4.69. The normalized spacial score (nSPS) is 24.0. The molecule has 2 saturated heterocycles. The van der Waals surface area contributed by atoms with Crippen LogP contribution in [0.4, 0.5) is 0 Å². The highest BCUT2D eigenvalue weighted by molar-refractivity contribution is 5.94. The van der Waals surface area contributed by atoms with Gasteiger partial charge in [-0.3, -0.25) is 14.3 Å². The van der Waals surface area contributed by atoms with E-state index in [1.807, 2.05) is 22.0 Å². The highest BCUT2D eigenvalue weighted by atomic mass is 16.5. The van der Waals surface area contributed by atoms with Gasteiger partial charge in [0.25, 0.3) is 5.91 Å². The molecule has 2 unspecified atom stereocenters. The summed E-state index contributed by atoms with van der Waals surface area (Å²) in [5.74, 6) is -0.172. The molecule has 2 aliphatic heterocycles. The Labute approximate surface area is 176 Å². The van der Waals surface area contributed by atoms with Crippen LogP contribution in [0.15, 0.2) is 24.8 Å². The molecule has 9 heteroatoms. The van der Waals surface area contributed by atoms with E-state index in [2.05, 4.69) is 23.9 Å². The van der Waals surface area contributed by atoms with Crippen molar-refractivity contribution in [3.63, 3.8) is 0 Å². The number of carbonyl (C=O) groups excluding carboxylic acids is 2. The Hall–Kier alpha value is -2.68. The first-order valence-electron chi connectivity index (χ1n) is 10.5. The minimum Gasteiger partial charge on any atom is -0.383 e. The summed E-state index contributed by atoms with van der Waals surface area (Å²) in [6, 6.07) is 2.00. The molecule has 2 atom stereocenters. The van der Waals surface area contributed by atoms with Crippen LogP contribution in [0, 0.1) is 5.41 Å².